The molecule has 2 heterocycles. The molecule has 0 atom stereocenters. The lowest BCUT2D eigenvalue weighted by atomic mass is 9.94. The third kappa shape index (κ3) is 3.22. The minimum atomic E-state index is -0.659. The Kier molecular flexibility index (Phi) is 4.25. The molecule has 1 aliphatic heterocycles. The number of likely N-dealkylation sites (N-methyl/N-ethyl adjacent to an activating group) is 1. The lowest BCUT2D eigenvalue weighted by Gasteiger charge is -2.36. The van der Waals surface area contributed by atoms with Gasteiger partial charge in [-0.05, 0) is 34.5 Å². The first-order valence-corrected chi connectivity index (χ1v) is 6.93. The van der Waals surface area contributed by atoms with E-state index in [1.807, 2.05) is 24.9 Å². The minimum Gasteiger partial charge on any atom is -0.388 e. The molecule has 2 rings (SSSR count). The predicted molar refractivity (Wildman–Crippen MR) is 74.9 cm³/mol. The van der Waals surface area contributed by atoms with Gasteiger partial charge in [0, 0.05) is 50.3 Å². The number of aromatic nitrogens is 1. The molecule has 5 heteroatoms. The second-order valence-electron chi connectivity index (χ2n) is 4.99. The SMILES string of the molecule is Cc1cc(Br)cnc1N(C)CC1(O)CCOCC1. The van der Waals surface area contributed by atoms with E-state index < -0.39 is 5.60 Å². The lowest BCUT2D eigenvalue weighted by molar-refractivity contribution is -0.0573. The largest absolute Gasteiger partial charge is 0.388 e. The van der Waals surface area contributed by atoms with Crippen molar-refractivity contribution in [3.8, 4) is 0 Å². The number of aliphatic hydroxyl groups is 1. The summed E-state index contributed by atoms with van der Waals surface area (Å²) in [6, 6.07) is 2.03. The fourth-order valence-corrected chi connectivity index (χ4v) is 2.80. The maximum Gasteiger partial charge on any atom is 0.131 e. The van der Waals surface area contributed by atoms with Crippen LogP contribution in [0.4, 0.5) is 5.82 Å². The second kappa shape index (κ2) is 5.55. The summed E-state index contributed by atoms with van der Waals surface area (Å²) in [5.74, 6) is 0.915. The van der Waals surface area contributed by atoms with E-state index >= 15 is 0 Å². The van der Waals surface area contributed by atoms with Gasteiger partial charge in [-0.25, -0.2) is 4.98 Å². The molecular formula is C13H19BrN2O2. The van der Waals surface area contributed by atoms with Gasteiger partial charge in [0.1, 0.15) is 5.82 Å². The van der Waals surface area contributed by atoms with E-state index in [0.29, 0.717) is 32.6 Å². The molecule has 18 heavy (non-hydrogen) atoms. The summed E-state index contributed by atoms with van der Waals surface area (Å²) in [7, 11) is 1.97. The summed E-state index contributed by atoms with van der Waals surface area (Å²) in [5.41, 5.74) is 0.441. The van der Waals surface area contributed by atoms with E-state index in [2.05, 4.69) is 20.9 Å². The normalized spacial score (nSPS) is 18.7. The van der Waals surface area contributed by atoms with Gasteiger partial charge >= 0.3 is 0 Å². The Morgan fingerprint density at radius 3 is 2.78 bits per heavy atom. The van der Waals surface area contributed by atoms with E-state index in [0.717, 1.165) is 15.9 Å². The molecule has 1 aromatic rings. The maximum absolute atomic E-state index is 10.5. The standard InChI is InChI=1S/C13H19BrN2O2/c1-10-7-11(14)8-15-12(10)16(2)9-13(17)3-5-18-6-4-13/h7-8,17H,3-6,9H2,1-2H3. The van der Waals surface area contributed by atoms with Gasteiger partial charge in [-0.3, -0.25) is 0 Å². The van der Waals surface area contributed by atoms with Crippen molar-refractivity contribution in [3.63, 3.8) is 0 Å². The van der Waals surface area contributed by atoms with Crippen molar-refractivity contribution in [1.82, 2.24) is 4.98 Å². The average molecular weight is 315 g/mol. The number of hydrogen-bond acceptors (Lipinski definition) is 4. The fraction of sp³-hybridized carbons (Fsp3) is 0.615. The minimum absolute atomic E-state index is 0.589. The van der Waals surface area contributed by atoms with Gasteiger partial charge < -0.3 is 14.7 Å². The van der Waals surface area contributed by atoms with Crippen LogP contribution in [0.5, 0.6) is 0 Å². The molecule has 1 N–H and O–H groups in total. The first kappa shape index (κ1) is 13.8. The number of anilines is 1. The van der Waals surface area contributed by atoms with Gasteiger partial charge in [0.2, 0.25) is 0 Å². The van der Waals surface area contributed by atoms with E-state index in [9.17, 15) is 5.11 Å². The van der Waals surface area contributed by atoms with Gasteiger partial charge in [-0.2, -0.15) is 0 Å². The highest BCUT2D eigenvalue weighted by Crippen LogP contribution is 2.25. The number of nitrogens with zero attached hydrogens (tertiary/aromatic N) is 2. The molecule has 0 amide bonds. The molecule has 100 valence electrons. The van der Waals surface area contributed by atoms with E-state index in [1.165, 1.54) is 0 Å². The fourth-order valence-electron chi connectivity index (χ4n) is 2.36. The van der Waals surface area contributed by atoms with Crippen LogP contribution in [-0.4, -0.2) is 42.5 Å². The van der Waals surface area contributed by atoms with Crippen LogP contribution in [0.25, 0.3) is 0 Å². The van der Waals surface area contributed by atoms with Crippen molar-refractivity contribution in [3.05, 3.63) is 22.3 Å². The molecule has 1 saturated heterocycles. The van der Waals surface area contributed by atoms with Gasteiger partial charge in [-0.1, -0.05) is 0 Å². The van der Waals surface area contributed by atoms with Gasteiger partial charge in [0.25, 0.3) is 0 Å². The van der Waals surface area contributed by atoms with E-state index in [-0.39, 0.29) is 0 Å². The summed E-state index contributed by atoms with van der Waals surface area (Å²) < 4.78 is 6.27. The molecule has 1 aliphatic rings. The summed E-state index contributed by atoms with van der Waals surface area (Å²) >= 11 is 3.41. The maximum atomic E-state index is 10.5. The first-order chi connectivity index (χ1) is 8.50. The zero-order valence-electron chi connectivity index (χ0n) is 10.8. The Morgan fingerprint density at radius 1 is 1.50 bits per heavy atom. The van der Waals surface area contributed by atoms with Crippen LogP contribution >= 0.6 is 15.9 Å². The smallest absolute Gasteiger partial charge is 0.131 e. The Hall–Kier alpha value is -0.650. The Bertz CT molecular complexity index is 419. The van der Waals surface area contributed by atoms with E-state index in [4.69, 9.17) is 4.74 Å². The number of ether oxygens (including phenoxy) is 1. The van der Waals surface area contributed by atoms with Gasteiger partial charge in [0.05, 0.1) is 5.60 Å². The Labute approximate surface area is 116 Å². The molecular weight excluding hydrogens is 296 g/mol. The van der Waals surface area contributed by atoms with Crippen LogP contribution < -0.4 is 4.90 Å². The second-order valence-corrected chi connectivity index (χ2v) is 5.90. The van der Waals surface area contributed by atoms with Crippen molar-refractivity contribution < 1.29 is 9.84 Å². The number of hydrogen-bond donors (Lipinski definition) is 1. The average Bonchev–Trinajstić information content (AvgIpc) is 2.28. The van der Waals surface area contributed by atoms with Gasteiger partial charge in [-0.15, -0.1) is 0 Å². The van der Waals surface area contributed by atoms with Crippen molar-refractivity contribution >= 4 is 21.7 Å². The molecule has 0 saturated carbocycles. The topological polar surface area (TPSA) is 45.6 Å². The van der Waals surface area contributed by atoms with Crippen LogP contribution in [0.2, 0.25) is 0 Å². The van der Waals surface area contributed by atoms with Crippen molar-refractivity contribution in [2.75, 3.05) is 31.7 Å². The van der Waals surface area contributed by atoms with Crippen molar-refractivity contribution in [2.24, 2.45) is 0 Å². The molecule has 0 aliphatic carbocycles. The summed E-state index contributed by atoms with van der Waals surface area (Å²) in [6.07, 6.45) is 3.16. The molecule has 0 bridgehead atoms. The highest BCUT2D eigenvalue weighted by Gasteiger charge is 2.31. The quantitative estimate of drug-likeness (QED) is 0.928. The van der Waals surface area contributed by atoms with Crippen LogP contribution in [0.15, 0.2) is 16.7 Å². The number of rotatable bonds is 3. The zero-order valence-corrected chi connectivity index (χ0v) is 12.4. The molecule has 0 aromatic carbocycles. The van der Waals surface area contributed by atoms with Crippen LogP contribution in [0, 0.1) is 6.92 Å². The van der Waals surface area contributed by atoms with Crippen molar-refractivity contribution in [1.29, 1.82) is 0 Å². The van der Waals surface area contributed by atoms with E-state index in [1.54, 1.807) is 6.20 Å². The molecule has 0 radical (unpaired) electrons. The molecule has 4 nitrogen and oxygen atoms in total. The molecule has 0 unspecified atom stereocenters. The summed E-state index contributed by atoms with van der Waals surface area (Å²) in [6.45, 7) is 3.89. The summed E-state index contributed by atoms with van der Waals surface area (Å²) in [5, 5.41) is 10.5. The third-order valence-corrected chi connectivity index (χ3v) is 3.77. The number of pyridine rings is 1. The third-order valence-electron chi connectivity index (χ3n) is 3.33. The van der Waals surface area contributed by atoms with Crippen LogP contribution in [0.1, 0.15) is 18.4 Å². The number of halogens is 1. The Morgan fingerprint density at radius 2 is 2.17 bits per heavy atom. The number of aryl methyl sites for hydroxylation is 1. The van der Waals surface area contributed by atoms with Crippen LogP contribution in [0.3, 0.4) is 0 Å². The molecule has 1 aromatic heterocycles. The highest BCUT2D eigenvalue weighted by molar-refractivity contribution is 9.10. The zero-order chi connectivity index (χ0) is 13.2. The molecule has 0 spiro atoms. The Balaban J connectivity index is 2.08. The summed E-state index contributed by atoms with van der Waals surface area (Å²) in [4.78, 5) is 6.43. The molecule has 1 fully saturated rings. The van der Waals surface area contributed by atoms with Gasteiger partial charge in [0.15, 0.2) is 0 Å². The lowest BCUT2D eigenvalue weighted by Crippen LogP contribution is -2.46. The predicted octanol–water partition coefficient (Wildman–Crippen LogP) is 2.13. The highest BCUT2D eigenvalue weighted by atomic mass is 79.9. The monoisotopic (exact) mass is 314 g/mol. The van der Waals surface area contributed by atoms with Crippen LogP contribution in [-0.2, 0) is 4.74 Å². The van der Waals surface area contributed by atoms with Crippen molar-refractivity contribution in [2.45, 2.75) is 25.4 Å². The first-order valence-electron chi connectivity index (χ1n) is 6.14.